The fraction of sp³-hybridized carbons (Fsp3) is 0.667. The van der Waals surface area contributed by atoms with Crippen molar-refractivity contribution in [1.82, 2.24) is 0 Å². The molecular formula is C9H11IOS. The van der Waals surface area contributed by atoms with E-state index in [-0.39, 0.29) is 5.41 Å². The van der Waals surface area contributed by atoms with Crippen LogP contribution in [0, 0.1) is 16.6 Å². The van der Waals surface area contributed by atoms with Gasteiger partial charge in [-0.3, -0.25) is 4.79 Å². The van der Waals surface area contributed by atoms with Gasteiger partial charge in [-0.2, -0.15) is 0 Å². The second-order valence-corrected chi connectivity index (χ2v) is 5.08. The van der Waals surface area contributed by atoms with Crippen LogP contribution < -0.4 is 0 Å². The molecule has 1 rings (SSSR count). The lowest BCUT2D eigenvalue weighted by Gasteiger charge is -2.26. The molecule has 0 atom stereocenters. The molecule has 0 amide bonds. The number of ketones is 1. The Hall–Kier alpha value is 0.310. The number of carbonyl (C=O) groups excluding carboxylic acids is 1. The first-order valence-electron chi connectivity index (χ1n) is 3.98. The fourth-order valence-electron chi connectivity index (χ4n) is 1.35. The van der Waals surface area contributed by atoms with Crippen molar-refractivity contribution in [3.63, 3.8) is 0 Å². The molecule has 0 heterocycles. The second kappa shape index (κ2) is 4.52. The Morgan fingerprint density at radius 1 is 1.50 bits per heavy atom. The van der Waals surface area contributed by atoms with E-state index >= 15 is 0 Å². The highest BCUT2D eigenvalue weighted by Gasteiger charge is 2.27. The Labute approximate surface area is 89.6 Å². The van der Waals surface area contributed by atoms with E-state index in [4.69, 9.17) is 0 Å². The zero-order chi connectivity index (χ0) is 9.03. The quantitative estimate of drug-likeness (QED) is 0.504. The van der Waals surface area contributed by atoms with E-state index in [1.165, 1.54) is 8.93 Å². The Kier molecular flexibility index (Phi) is 3.91. The molecule has 0 aliphatic heterocycles. The van der Waals surface area contributed by atoms with Gasteiger partial charge >= 0.3 is 0 Å². The molecular weight excluding hydrogens is 283 g/mol. The van der Waals surface area contributed by atoms with E-state index < -0.39 is 0 Å². The van der Waals surface area contributed by atoms with Crippen LogP contribution in [-0.4, -0.2) is 5.78 Å². The standard InChI is InChI=1S/C9H11IOS/c1-9(6-7-12-10)4-2-8(11)3-5-9/h2-5H2,1H3. The summed E-state index contributed by atoms with van der Waals surface area (Å²) in [7, 11) is 1.52. The van der Waals surface area contributed by atoms with E-state index in [2.05, 4.69) is 39.3 Å². The van der Waals surface area contributed by atoms with Crippen LogP contribution in [0.2, 0.25) is 0 Å². The molecule has 1 saturated carbocycles. The molecule has 1 nitrogen and oxygen atoms in total. The maximum absolute atomic E-state index is 11.0. The van der Waals surface area contributed by atoms with E-state index in [9.17, 15) is 4.79 Å². The Bertz CT molecular complexity index is 229. The minimum atomic E-state index is 0.103. The molecule has 0 N–H and O–H groups in total. The highest BCUT2D eigenvalue weighted by atomic mass is 127. The summed E-state index contributed by atoms with van der Waals surface area (Å²) in [5, 5.41) is 3.02. The van der Waals surface area contributed by atoms with Crippen LogP contribution in [0.3, 0.4) is 0 Å². The topological polar surface area (TPSA) is 17.1 Å². The number of carbonyl (C=O) groups is 1. The molecule has 66 valence electrons. The van der Waals surface area contributed by atoms with Crippen molar-refractivity contribution in [3.8, 4) is 11.2 Å². The summed E-state index contributed by atoms with van der Waals surface area (Å²) < 4.78 is 0. The third-order valence-corrected chi connectivity index (χ3v) is 3.14. The predicted octanol–water partition coefficient (Wildman–Crippen LogP) is 3.18. The van der Waals surface area contributed by atoms with Crippen LogP contribution in [0.5, 0.6) is 0 Å². The SMILES string of the molecule is CC1(C#CSI)CCC(=O)CC1. The van der Waals surface area contributed by atoms with Gasteiger partial charge in [0.1, 0.15) is 5.78 Å². The van der Waals surface area contributed by atoms with E-state index in [1.54, 1.807) is 0 Å². The Morgan fingerprint density at radius 2 is 2.08 bits per heavy atom. The van der Waals surface area contributed by atoms with Gasteiger partial charge in [-0.1, -0.05) is 5.92 Å². The van der Waals surface area contributed by atoms with Crippen molar-refractivity contribution in [2.75, 3.05) is 0 Å². The van der Waals surface area contributed by atoms with Crippen LogP contribution >= 0.6 is 30.1 Å². The first-order chi connectivity index (χ1) is 5.66. The highest BCUT2D eigenvalue weighted by molar-refractivity contribution is 14.2. The van der Waals surface area contributed by atoms with Gasteiger partial charge in [0.15, 0.2) is 0 Å². The lowest BCUT2D eigenvalue weighted by atomic mass is 9.76. The van der Waals surface area contributed by atoms with Gasteiger partial charge in [-0.05, 0) is 34.0 Å². The molecule has 0 aromatic heterocycles. The van der Waals surface area contributed by atoms with Gasteiger partial charge in [-0.15, -0.1) is 0 Å². The lowest BCUT2D eigenvalue weighted by molar-refractivity contribution is -0.121. The molecule has 1 fully saturated rings. The average molecular weight is 294 g/mol. The molecule has 0 spiro atoms. The lowest BCUT2D eigenvalue weighted by Crippen LogP contribution is -2.22. The zero-order valence-corrected chi connectivity index (χ0v) is 10.00. The highest BCUT2D eigenvalue weighted by Crippen LogP contribution is 2.33. The van der Waals surface area contributed by atoms with Crippen molar-refractivity contribution >= 4 is 35.9 Å². The van der Waals surface area contributed by atoms with Crippen LogP contribution in [0.1, 0.15) is 32.6 Å². The van der Waals surface area contributed by atoms with Gasteiger partial charge in [0.2, 0.25) is 0 Å². The van der Waals surface area contributed by atoms with Crippen molar-refractivity contribution in [3.05, 3.63) is 0 Å². The third kappa shape index (κ3) is 2.98. The average Bonchev–Trinajstić information content (AvgIpc) is 2.08. The van der Waals surface area contributed by atoms with Crippen LogP contribution in [0.4, 0.5) is 0 Å². The number of Topliss-reactive ketones (excluding diaryl/α,β-unsaturated/α-hetero) is 1. The van der Waals surface area contributed by atoms with Gasteiger partial charge in [0.25, 0.3) is 0 Å². The van der Waals surface area contributed by atoms with E-state index in [0.29, 0.717) is 5.78 Å². The smallest absolute Gasteiger partial charge is 0.133 e. The van der Waals surface area contributed by atoms with Crippen molar-refractivity contribution in [2.24, 2.45) is 5.41 Å². The fourth-order valence-corrected chi connectivity index (χ4v) is 1.96. The molecule has 0 unspecified atom stereocenters. The molecule has 3 heteroatoms. The summed E-state index contributed by atoms with van der Waals surface area (Å²) in [6.45, 7) is 2.15. The molecule has 1 aliphatic carbocycles. The minimum Gasteiger partial charge on any atom is -0.300 e. The molecule has 0 aromatic carbocycles. The normalized spacial score (nSPS) is 21.3. The van der Waals surface area contributed by atoms with E-state index in [0.717, 1.165) is 25.7 Å². The Balaban J connectivity index is 2.55. The summed E-state index contributed by atoms with van der Waals surface area (Å²) in [4.78, 5) is 11.0. The van der Waals surface area contributed by atoms with Gasteiger partial charge in [-0.25, -0.2) is 0 Å². The number of halogens is 1. The minimum absolute atomic E-state index is 0.103. The first-order valence-corrected chi connectivity index (χ1v) is 7.34. The molecule has 1 aliphatic rings. The summed E-state index contributed by atoms with van der Waals surface area (Å²) in [5.41, 5.74) is 0.103. The first kappa shape index (κ1) is 10.4. The number of rotatable bonds is 0. The van der Waals surface area contributed by atoms with Gasteiger partial charge in [0, 0.05) is 39.5 Å². The van der Waals surface area contributed by atoms with Crippen LogP contribution in [-0.2, 0) is 4.79 Å². The monoisotopic (exact) mass is 294 g/mol. The van der Waals surface area contributed by atoms with Gasteiger partial charge < -0.3 is 0 Å². The number of hydrogen-bond donors (Lipinski definition) is 0. The van der Waals surface area contributed by atoms with Crippen molar-refractivity contribution in [2.45, 2.75) is 32.6 Å². The van der Waals surface area contributed by atoms with Crippen molar-refractivity contribution < 1.29 is 4.79 Å². The molecule has 0 bridgehead atoms. The van der Waals surface area contributed by atoms with E-state index in [1.807, 2.05) is 0 Å². The summed E-state index contributed by atoms with van der Waals surface area (Å²) in [6, 6.07) is 0. The van der Waals surface area contributed by atoms with Crippen molar-refractivity contribution in [1.29, 1.82) is 0 Å². The maximum Gasteiger partial charge on any atom is 0.133 e. The zero-order valence-electron chi connectivity index (χ0n) is 7.02. The summed E-state index contributed by atoms with van der Waals surface area (Å²) in [5.74, 6) is 3.62. The maximum atomic E-state index is 11.0. The molecule has 0 radical (unpaired) electrons. The second-order valence-electron chi connectivity index (χ2n) is 3.40. The molecule has 0 aromatic rings. The summed E-state index contributed by atoms with van der Waals surface area (Å²) >= 11 is 2.17. The Morgan fingerprint density at radius 3 is 2.58 bits per heavy atom. The number of hydrogen-bond acceptors (Lipinski definition) is 2. The summed E-state index contributed by atoms with van der Waals surface area (Å²) in [6.07, 6.45) is 3.32. The van der Waals surface area contributed by atoms with Gasteiger partial charge in [0.05, 0.1) is 0 Å². The molecule has 12 heavy (non-hydrogen) atoms. The van der Waals surface area contributed by atoms with Crippen LogP contribution in [0.25, 0.3) is 0 Å². The third-order valence-electron chi connectivity index (χ3n) is 2.30. The largest absolute Gasteiger partial charge is 0.300 e. The predicted molar refractivity (Wildman–Crippen MR) is 61.0 cm³/mol. The van der Waals surface area contributed by atoms with Crippen LogP contribution in [0.15, 0.2) is 0 Å². The molecule has 0 saturated heterocycles.